The fourth-order valence-corrected chi connectivity index (χ4v) is 1.95. The van der Waals surface area contributed by atoms with Crippen molar-refractivity contribution in [2.45, 2.75) is 6.92 Å². The molecule has 0 bridgehead atoms. The van der Waals surface area contributed by atoms with Gasteiger partial charge in [0.2, 0.25) is 0 Å². The first-order chi connectivity index (χ1) is 10.7. The molecule has 3 nitrogen and oxygen atoms in total. The van der Waals surface area contributed by atoms with Crippen molar-refractivity contribution in [2.24, 2.45) is 0 Å². The van der Waals surface area contributed by atoms with Crippen LogP contribution in [0.4, 0.5) is 5.69 Å². The van der Waals surface area contributed by atoms with Crippen molar-refractivity contribution < 1.29 is 4.79 Å². The Balaban J connectivity index is 2.15. The highest BCUT2D eigenvalue weighted by Gasteiger charge is 2.08. The minimum Gasteiger partial charge on any atom is -0.321 e. The van der Waals surface area contributed by atoms with Crippen LogP contribution >= 0.6 is 0 Å². The lowest BCUT2D eigenvalue weighted by molar-refractivity contribution is -0.112. The van der Waals surface area contributed by atoms with Crippen LogP contribution < -0.4 is 5.32 Å². The quantitative estimate of drug-likeness (QED) is 0.521. The van der Waals surface area contributed by atoms with Crippen LogP contribution in [0.1, 0.15) is 12.5 Å². The summed E-state index contributed by atoms with van der Waals surface area (Å²) in [5, 5.41) is 11.9. The van der Waals surface area contributed by atoms with Crippen LogP contribution in [0.2, 0.25) is 0 Å². The molecule has 0 atom stereocenters. The number of anilines is 1. The number of nitriles is 1. The Morgan fingerprint density at radius 2 is 1.64 bits per heavy atom. The zero-order chi connectivity index (χ0) is 15.8. The molecule has 0 aliphatic heterocycles. The van der Waals surface area contributed by atoms with Gasteiger partial charge in [0.1, 0.15) is 11.6 Å². The molecule has 1 N–H and O–H groups in total. The summed E-state index contributed by atoms with van der Waals surface area (Å²) in [5.74, 6) is -0.408. The van der Waals surface area contributed by atoms with Gasteiger partial charge in [-0.05, 0) is 36.3 Å². The smallest absolute Gasteiger partial charge is 0.266 e. The zero-order valence-electron chi connectivity index (χ0n) is 12.3. The lowest BCUT2D eigenvalue weighted by atomic mass is 10.1. The van der Waals surface area contributed by atoms with E-state index >= 15 is 0 Å². The van der Waals surface area contributed by atoms with Gasteiger partial charge in [-0.1, -0.05) is 54.6 Å². The van der Waals surface area contributed by atoms with E-state index in [0.717, 1.165) is 11.1 Å². The van der Waals surface area contributed by atoms with Crippen LogP contribution in [-0.2, 0) is 4.79 Å². The molecule has 0 saturated carbocycles. The number of rotatable bonds is 4. The van der Waals surface area contributed by atoms with Crippen molar-refractivity contribution in [3.05, 3.63) is 83.4 Å². The van der Waals surface area contributed by atoms with Gasteiger partial charge in [-0.25, -0.2) is 0 Å². The Hall–Kier alpha value is -3.12. The Bertz CT molecular complexity index is 738. The summed E-state index contributed by atoms with van der Waals surface area (Å²) in [7, 11) is 0. The lowest BCUT2D eigenvalue weighted by Gasteiger charge is -2.04. The molecule has 2 aromatic carbocycles. The van der Waals surface area contributed by atoms with Gasteiger partial charge in [-0.15, -0.1) is 0 Å². The molecule has 0 aromatic heterocycles. The molecule has 0 radical (unpaired) electrons. The summed E-state index contributed by atoms with van der Waals surface area (Å²) >= 11 is 0. The third-order valence-electron chi connectivity index (χ3n) is 2.96. The van der Waals surface area contributed by atoms with Crippen LogP contribution in [0, 0.1) is 11.3 Å². The molecule has 3 heteroatoms. The number of hydrogen-bond acceptors (Lipinski definition) is 2. The zero-order valence-corrected chi connectivity index (χ0v) is 12.3. The first-order valence-electron chi connectivity index (χ1n) is 6.90. The Kier molecular flexibility index (Phi) is 5.28. The number of carbonyl (C=O) groups excluding carboxylic acids is 1. The maximum Gasteiger partial charge on any atom is 0.266 e. The van der Waals surface area contributed by atoms with Crippen LogP contribution in [0.15, 0.2) is 77.9 Å². The Morgan fingerprint density at radius 3 is 2.23 bits per heavy atom. The van der Waals surface area contributed by atoms with E-state index in [9.17, 15) is 10.1 Å². The monoisotopic (exact) mass is 288 g/mol. The van der Waals surface area contributed by atoms with Crippen molar-refractivity contribution in [3.63, 3.8) is 0 Å². The molecule has 0 heterocycles. The maximum absolute atomic E-state index is 12.1. The number of hydrogen-bond donors (Lipinski definition) is 1. The minimum atomic E-state index is -0.408. The van der Waals surface area contributed by atoms with Gasteiger partial charge < -0.3 is 5.32 Å². The number of amides is 1. The van der Waals surface area contributed by atoms with Gasteiger partial charge in [0.25, 0.3) is 5.91 Å². The highest BCUT2D eigenvalue weighted by molar-refractivity contribution is 6.06. The summed E-state index contributed by atoms with van der Waals surface area (Å²) in [6, 6.07) is 20.8. The van der Waals surface area contributed by atoms with E-state index in [4.69, 9.17) is 0 Å². The van der Waals surface area contributed by atoms with Crippen molar-refractivity contribution in [1.82, 2.24) is 0 Å². The summed E-state index contributed by atoms with van der Waals surface area (Å²) in [6.45, 7) is 1.86. The molecule has 108 valence electrons. The normalized spacial score (nSPS) is 11.6. The van der Waals surface area contributed by atoms with E-state index < -0.39 is 5.91 Å². The number of nitrogens with zero attached hydrogens (tertiary/aromatic N) is 1. The SMILES string of the molecule is CC(/C=C(/C#N)C(=O)Nc1ccccc1)=C\c1ccccc1. The summed E-state index contributed by atoms with van der Waals surface area (Å²) < 4.78 is 0. The molecule has 0 spiro atoms. The number of carbonyl (C=O) groups is 1. The maximum atomic E-state index is 12.1. The number of nitrogens with one attached hydrogen (secondary N) is 1. The molecule has 22 heavy (non-hydrogen) atoms. The van der Waals surface area contributed by atoms with E-state index in [1.165, 1.54) is 0 Å². The van der Waals surface area contributed by atoms with Gasteiger partial charge in [0, 0.05) is 5.69 Å². The molecule has 0 saturated heterocycles. The average molecular weight is 288 g/mol. The predicted molar refractivity (Wildman–Crippen MR) is 88.9 cm³/mol. The second kappa shape index (κ2) is 7.61. The third-order valence-corrected chi connectivity index (χ3v) is 2.96. The Labute approximate surface area is 130 Å². The van der Waals surface area contributed by atoms with Crippen LogP contribution in [0.25, 0.3) is 6.08 Å². The van der Waals surface area contributed by atoms with E-state index in [-0.39, 0.29) is 5.57 Å². The van der Waals surface area contributed by atoms with E-state index in [0.29, 0.717) is 5.69 Å². The summed E-state index contributed by atoms with van der Waals surface area (Å²) in [6.07, 6.45) is 3.51. The molecule has 0 aliphatic rings. The van der Waals surface area contributed by atoms with Gasteiger partial charge in [0.15, 0.2) is 0 Å². The molecular formula is C19H16N2O. The molecule has 0 fully saturated rings. The van der Waals surface area contributed by atoms with E-state index in [1.807, 2.05) is 67.6 Å². The lowest BCUT2D eigenvalue weighted by Crippen LogP contribution is -2.13. The molecule has 0 aliphatic carbocycles. The predicted octanol–water partition coefficient (Wildman–Crippen LogP) is 4.18. The molecule has 2 rings (SSSR count). The molecule has 0 unspecified atom stereocenters. The van der Waals surface area contributed by atoms with Crippen LogP contribution in [0.5, 0.6) is 0 Å². The largest absolute Gasteiger partial charge is 0.321 e. The number of allylic oxidation sites excluding steroid dienone is 2. The fraction of sp³-hybridized carbons (Fsp3) is 0.0526. The van der Waals surface area contributed by atoms with Crippen LogP contribution in [0.3, 0.4) is 0 Å². The number of benzene rings is 2. The highest BCUT2D eigenvalue weighted by Crippen LogP contribution is 2.11. The van der Waals surface area contributed by atoms with E-state index in [1.54, 1.807) is 18.2 Å². The van der Waals surface area contributed by atoms with Crippen LogP contribution in [-0.4, -0.2) is 5.91 Å². The second-order valence-corrected chi connectivity index (χ2v) is 4.79. The topological polar surface area (TPSA) is 52.9 Å². The first kappa shape index (κ1) is 15.3. The fourth-order valence-electron chi connectivity index (χ4n) is 1.95. The standard InChI is InChI=1S/C19H16N2O/c1-15(12-16-8-4-2-5-9-16)13-17(14-20)19(22)21-18-10-6-3-7-11-18/h2-13H,1H3,(H,21,22)/b15-12+,17-13-. The molecular weight excluding hydrogens is 272 g/mol. The van der Waals surface area contributed by atoms with Crippen molar-refractivity contribution in [1.29, 1.82) is 5.26 Å². The third kappa shape index (κ3) is 4.46. The Morgan fingerprint density at radius 1 is 1.05 bits per heavy atom. The highest BCUT2D eigenvalue weighted by atomic mass is 16.1. The van der Waals surface area contributed by atoms with Gasteiger partial charge in [-0.2, -0.15) is 5.26 Å². The average Bonchev–Trinajstić information content (AvgIpc) is 2.54. The first-order valence-corrected chi connectivity index (χ1v) is 6.90. The van der Waals surface area contributed by atoms with E-state index in [2.05, 4.69) is 5.32 Å². The number of para-hydroxylation sites is 1. The van der Waals surface area contributed by atoms with Crippen molar-refractivity contribution in [3.8, 4) is 6.07 Å². The van der Waals surface area contributed by atoms with Gasteiger partial charge >= 0.3 is 0 Å². The van der Waals surface area contributed by atoms with Gasteiger partial charge in [-0.3, -0.25) is 4.79 Å². The summed E-state index contributed by atoms with van der Waals surface area (Å²) in [4.78, 5) is 12.1. The van der Waals surface area contributed by atoms with Gasteiger partial charge in [0.05, 0.1) is 0 Å². The minimum absolute atomic E-state index is 0.0773. The van der Waals surface area contributed by atoms with Crippen molar-refractivity contribution in [2.75, 3.05) is 5.32 Å². The van der Waals surface area contributed by atoms with Crippen molar-refractivity contribution >= 4 is 17.7 Å². The summed E-state index contributed by atoms with van der Waals surface area (Å²) in [5.41, 5.74) is 2.61. The molecule has 2 aromatic rings. The molecule has 1 amide bonds. The second-order valence-electron chi connectivity index (χ2n) is 4.79.